The Morgan fingerprint density at radius 2 is 1.83 bits per heavy atom. The summed E-state index contributed by atoms with van der Waals surface area (Å²) in [7, 11) is 0. The topological polar surface area (TPSA) is 32.3 Å². The van der Waals surface area contributed by atoms with Gasteiger partial charge in [-0.2, -0.15) is 0 Å². The van der Waals surface area contributed by atoms with Gasteiger partial charge in [-0.25, -0.2) is 0 Å². The predicted molar refractivity (Wildman–Crippen MR) is 97.2 cm³/mol. The Labute approximate surface area is 139 Å². The second kappa shape index (κ2) is 8.37. The van der Waals surface area contributed by atoms with Crippen LogP contribution in [0.15, 0.2) is 48.5 Å². The number of amides is 1. The molecular weight excluding hydrogens is 284 g/mol. The fourth-order valence-corrected chi connectivity index (χ4v) is 2.74. The first-order valence-corrected chi connectivity index (χ1v) is 8.27. The lowest BCUT2D eigenvalue weighted by Gasteiger charge is -2.23. The normalized spacial score (nSPS) is 10.4. The highest BCUT2D eigenvalue weighted by Crippen LogP contribution is 2.13. The molecule has 0 spiro atoms. The van der Waals surface area contributed by atoms with E-state index >= 15 is 0 Å². The van der Waals surface area contributed by atoms with E-state index in [-0.39, 0.29) is 5.91 Å². The monoisotopic (exact) mass is 310 g/mol. The van der Waals surface area contributed by atoms with E-state index in [0.29, 0.717) is 6.54 Å². The number of para-hydroxylation sites is 1. The molecule has 0 radical (unpaired) electrons. The summed E-state index contributed by atoms with van der Waals surface area (Å²) < 4.78 is 0. The van der Waals surface area contributed by atoms with E-state index in [0.717, 1.165) is 30.6 Å². The Morgan fingerprint density at radius 3 is 2.48 bits per heavy atom. The molecule has 2 rings (SSSR count). The number of nitrogens with one attached hydrogen (secondary N) is 1. The SMILES string of the molecule is CCN(CCCNC(=O)c1ccc(C)cc1C)c1ccccc1. The molecule has 0 atom stereocenters. The van der Waals surface area contributed by atoms with Gasteiger partial charge in [0.05, 0.1) is 0 Å². The van der Waals surface area contributed by atoms with Crippen molar-refractivity contribution in [2.45, 2.75) is 27.2 Å². The van der Waals surface area contributed by atoms with Crippen LogP contribution in [0.3, 0.4) is 0 Å². The van der Waals surface area contributed by atoms with Crippen molar-refractivity contribution in [3.05, 3.63) is 65.2 Å². The van der Waals surface area contributed by atoms with E-state index in [2.05, 4.69) is 41.4 Å². The number of nitrogens with zero attached hydrogens (tertiary/aromatic N) is 1. The molecule has 2 aromatic carbocycles. The van der Waals surface area contributed by atoms with Gasteiger partial charge in [-0.1, -0.05) is 35.9 Å². The Hall–Kier alpha value is -2.29. The quantitative estimate of drug-likeness (QED) is 0.785. The number of benzene rings is 2. The van der Waals surface area contributed by atoms with Gasteiger partial charge < -0.3 is 10.2 Å². The molecule has 0 aliphatic heterocycles. The highest BCUT2D eigenvalue weighted by Gasteiger charge is 2.08. The minimum atomic E-state index is 0.0188. The minimum absolute atomic E-state index is 0.0188. The zero-order valence-corrected chi connectivity index (χ0v) is 14.3. The van der Waals surface area contributed by atoms with Crippen molar-refractivity contribution in [1.82, 2.24) is 5.32 Å². The van der Waals surface area contributed by atoms with Gasteiger partial charge in [-0.05, 0) is 51.0 Å². The van der Waals surface area contributed by atoms with Crippen LogP contribution in [-0.2, 0) is 0 Å². The van der Waals surface area contributed by atoms with Crippen molar-refractivity contribution < 1.29 is 4.79 Å². The summed E-state index contributed by atoms with van der Waals surface area (Å²) in [5.74, 6) is 0.0188. The first-order valence-electron chi connectivity index (χ1n) is 8.27. The largest absolute Gasteiger partial charge is 0.372 e. The molecule has 0 aliphatic rings. The van der Waals surface area contributed by atoms with Crippen LogP contribution in [0.4, 0.5) is 5.69 Å². The molecule has 0 fully saturated rings. The van der Waals surface area contributed by atoms with E-state index in [9.17, 15) is 4.79 Å². The van der Waals surface area contributed by atoms with Gasteiger partial charge in [0.1, 0.15) is 0 Å². The van der Waals surface area contributed by atoms with Crippen LogP contribution in [0.1, 0.15) is 34.8 Å². The predicted octanol–water partition coefficient (Wildman–Crippen LogP) is 3.95. The molecule has 0 aliphatic carbocycles. The Morgan fingerprint density at radius 1 is 1.09 bits per heavy atom. The molecule has 0 saturated carbocycles. The van der Waals surface area contributed by atoms with Crippen molar-refractivity contribution in [3.63, 3.8) is 0 Å². The third-order valence-electron chi connectivity index (χ3n) is 4.02. The minimum Gasteiger partial charge on any atom is -0.372 e. The molecule has 0 heterocycles. The van der Waals surface area contributed by atoms with Gasteiger partial charge in [-0.3, -0.25) is 4.79 Å². The Balaban J connectivity index is 1.81. The van der Waals surface area contributed by atoms with Crippen LogP contribution in [0.25, 0.3) is 0 Å². The average molecular weight is 310 g/mol. The van der Waals surface area contributed by atoms with Crippen LogP contribution in [0.2, 0.25) is 0 Å². The maximum absolute atomic E-state index is 12.2. The summed E-state index contributed by atoms with van der Waals surface area (Å²) in [6, 6.07) is 16.3. The first kappa shape index (κ1) is 17.1. The fraction of sp³-hybridized carbons (Fsp3) is 0.350. The van der Waals surface area contributed by atoms with Crippen LogP contribution in [0, 0.1) is 13.8 Å². The number of carbonyl (C=O) groups excluding carboxylic acids is 1. The molecule has 0 unspecified atom stereocenters. The maximum Gasteiger partial charge on any atom is 0.251 e. The third-order valence-corrected chi connectivity index (χ3v) is 4.02. The van der Waals surface area contributed by atoms with Crippen molar-refractivity contribution in [2.75, 3.05) is 24.5 Å². The van der Waals surface area contributed by atoms with E-state index in [1.165, 1.54) is 11.3 Å². The molecule has 2 aromatic rings. The van der Waals surface area contributed by atoms with Gasteiger partial charge in [-0.15, -0.1) is 0 Å². The smallest absolute Gasteiger partial charge is 0.251 e. The average Bonchev–Trinajstić information content (AvgIpc) is 2.55. The molecule has 1 N–H and O–H groups in total. The number of hydrogen-bond donors (Lipinski definition) is 1. The molecule has 3 nitrogen and oxygen atoms in total. The summed E-state index contributed by atoms with van der Waals surface area (Å²) in [6.45, 7) is 8.77. The van der Waals surface area contributed by atoms with Crippen LogP contribution in [-0.4, -0.2) is 25.5 Å². The number of hydrogen-bond acceptors (Lipinski definition) is 2. The zero-order chi connectivity index (χ0) is 16.7. The van der Waals surface area contributed by atoms with Gasteiger partial charge >= 0.3 is 0 Å². The maximum atomic E-state index is 12.2. The lowest BCUT2D eigenvalue weighted by molar-refractivity contribution is 0.0953. The zero-order valence-electron chi connectivity index (χ0n) is 14.3. The van der Waals surface area contributed by atoms with Crippen molar-refractivity contribution in [1.29, 1.82) is 0 Å². The lowest BCUT2D eigenvalue weighted by Crippen LogP contribution is -2.30. The Kier molecular flexibility index (Phi) is 6.21. The molecule has 0 bridgehead atoms. The number of aryl methyl sites for hydroxylation is 2. The lowest BCUT2D eigenvalue weighted by atomic mass is 10.1. The van der Waals surface area contributed by atoms with Crippen molar-refractivity contribution in [3.8, 4) is 0 Å². The van der Waals surface area contributed by atoms with Crippen molar-refractivity contribution >= 4 is 11.6 Å². The summed E-state index contributed by atoms with van der Waals surface area (Å²) >= 11 is 0. The summed E-state index contributed by atoms with van der Waals surface area (Å²) in [5.41, 5.74) is 4.21. The number of rotatable bonds is 7. The van der Waals surface area contributed by atoms with Crippen LogP contribution in [0.5, 0.6) is 0 Å². The van der Waals surface area contributed by atoms with Crippen molar-refractivity contribution in [2.24, 2.45) is 0 Å². The molecule has 1 amide bonds. The Bertz CT molecular complexity index is 637. The van der Waals surface area contributed by atoms with Gasteiger partial charge in [0, 0.05) is 30.9 Å². The molecule has 3 heteroatoms. The highest BCUT2D eigenvalue weighted by atomic mass is 16.1. The number of carbonyl (C=O) groups is 1. The van der Waals surface area contributed by atoms with Gasteiger partial charge in [0.25, 0.3) is 5.91 Å². The highest BCUT2D eigenvalue weighted by molar-refractivity contribution is 5.95. The molecular formula is C20H26N2O. The first-order chi connectivity index (χ1) is 11.1. The fourth-order valence-electron chi connectivity index (χ4n) is 2.74. The second-order valence-corrected chi connectivity index (χ2v) is 5.84. The van der Waals surface area contributed by atoms with E-state index in [1.807, 2.05) is 38.1 Å². The van der Waals surface area contributed by atoms with E-state index in [4.69, 9.17) is 0 Å². The second-order valence-electron chi connectivity index (χ2n) is 5.84. The van der Waals surface area contributed by atoms with Gasteiger partial charge in [0.2, 0.25) is 0 Å². The molecule has 0 aromatic heterocycles. The molecule has 23 heavy (non-hydrogen) atoms. The standard InChI is InChI=1S/C20H26N2O/c1-4-22(18-9-6-5-7-10-18)14-8-13-21-20(23)19-12-11-16(2)15-17(19)3/h5-7,9-12,15H,4,8,13-14H2,1-3H3,(H,21,23). The van der Waals surface area contributed by atoms with E-state index < -0.39 is 0 Å². The summed E-state index contributed by atoms with van der Waals surface area (Å²) in [4.78, 5) is 14.6. The van der Waals surface area contributed by atoms with Crippen LogP contribution >= 0.6 is 0 Å². The van der Waals surface area contributed by atoms with E-state index in [1.54, 1.807) is 0 Å². The third kappa shape index (κ3) is 4.85. The number of anilines is 1. The molecule has 122 valence electrons. The van der Waals surface area contributed by atoms with Crippen LogP contribution < -0.4 is 10.2 Å². The summed E-state index contributed by atoms with van der Waals surface area (Å²) in [5, 5.41) is 3.02. The summed E-state index contributed by atoms with van der Waals surface area (Å²) in [6.07, 6.45) is 0.930. The molecule has 0 saturated heterocycles. The van der Waals surface area contributed by atoms with Gasteiger partial charge in [0.15, 0.2) is 0 Å².